The fourth-order valence-electron chi connectivity index (χ4n) is 3.30. The zero-order valence-corrected chi connectivity index (χ0v) is 12.5. The number of rotatable bonds is 3. The van der Waals surface area contributed by atoms with Crippen molar-refractivity contribution in [1.82, 2.24) is 5.32 Å². The van der Waals surface area contributed by atoms with Crippen molar-refractivity contribution in [1.29, 1.82) is 5.26 Å². The average Bonchev–Trinajstić information content (AvgIpc) is 3.13. The lowest BCUT2D eigenvalue weighted by Gasteiger charge is -2.26. The van der Waals surface area contributed by atoms with Crippen LogP contribution in [-0.2, 0) is 17.6 Å². The van der Waals surface area contributed by atoms with Gasteiger partial charge in [0.15, 0.2) is 0 Å². The fourth-order valence-corrected chi connectivity index (χ4v) is 4.53. The molecule has 2 N–H and O–H groups in total. The number of aryl methyl sites for hydroxylation is 1. The van der Waals surface area contributed by atoms with Crippen LogP contribution >= 0.6 is 11.3 Å². The summed E-state index contributed by atoms with van der Waals surface area (Å²) < 4.78 is 0. The second-order valence-electron chi connectivity index (χ2n) is 5.59. The molecule has 0 saturated carbocycles. The molecule has 2 heterocycles. The lowest BCUT2D eigenvalue weighted by atomic mass is 9.93. The highest BCUT2D eigenvalue weighted by Gasteiger charge is 2.39. The van der Waals surface area contributed by atoms with Gasteiger partial charge in [0.1, 0.15) is 11.1 Å². The van der Waals surface area contributed by atoms with Gasteiger partial charge in [0, 0.05) is 4.88 Å². The number of hydrogen-bond acceptors (Lipinski definition) is 4. The third-order valence-electron chi connectivity index (χ3n) is 4.54. The minimum Gasteiger partial charge on any atom is -0.315 e. The Morgan fingerprint density at radius 2 is 2.35 bits per heavy atom. The number of thiophene rings is 1. The fraction of sp³-hybridized carbons (Fsp3) is 0.600. The van der Waals surface area contributed by atoms with Gasteiger partial charge in [0.05, 0.1) is 11.1 Å². The van der Waals surface area contributed by atoms with Gasteiger partial charge < -0.3 is 10.6 Å². The van der Waals surface area contributed by atoms with Crippen molar-refractivity contribution in [2.45, 2.75) is 51.0 Å². The summed E-state index contributed by atoms with van der Waals surface area (Å²) in [5, 5.41) is 16.5. The predicted octanol–water partition coefficient (Wildman–Crippen LogP) is 2.58. The minimum atomic E-state index is -0.443. The summed E-state index contributed by atoms with van der Waals surface area (Å²) in [5.74, 6) is 0.0222. The van der Waals surface area contributed by atoms with Crippen LogP contribution < -0.4 is 10.6 Å². The van der Waals surface area contributed by atoms with Gasteiger partial charge in [-0.05, 0) is 50.6 Å². The van der Waals surface area contributed by atoms with E-state index in [1.165, 1.54) is 4.88 Å². The van der Waals surface area contributed by atoms with Crippen molar-refractivity contribution in [2.75, 3.05) is 11.9 Å². The van der Waals surface area contributed by atoms with E-state index in [1.54, 1.807) is 11.3 Å². The SMILES string of the molecule is CCC1(C(=O)Nc2sc3c(c2C#N)CCC3)CCCN1. The van der Waals surface area contributed by atoms with Crippen LogP contribution in [0.5, 0.6) is 0 Å². The number of fused-ring (bicyclic) bond motifs is 1. The van der Waals surface area contributed by atoms with E-state index in [0.29, 0.717) is 5.56 Å². The maximum atomic E-state index is 12.6. The highest BCUT2D eigenvalue weighted by Crippen LogP contribution is 2.39. The molecule has 0 bridgehead atoms. The molecule has 4 nitrogen and oxygen atoms in total. The molecule has 0 radical (unpaired) electrons. The van der Waals surface area contributed by atoms with E-state index in [0.717, 1.165) is 55.6 Å². The zero-order valence-electron chi connectivity index (χ0n) is 11.7. The first-order chi connectivity index (χ1) is 9.70. The van der Waals surface area contributed by atoms with Crippen LogP contribution in [0.1, 0.15) is 48.6 Å². The maximum absolute atomic E-state index is 12.6. The van der Waals surface area contributed by atoms with Crippen molar-refractivity contribution in [3.8, 4) is 6.07 Å². The topological polar surface area (TPSA) is 64.9 Å². The third kappa shape index (κ3) is 2.04. The molecule has 2 aliphatic rings. The van der Waals surface area contributed by atoms with Gasteiger partial charge in [-0.3, -0.25) is 4.79 Å². The summed E-state index contributed by atoms with van der Waals surface area (Å²) in [4.78, 5) is 13.9. The van der Waals surface area contributed by atoms with Crippen molar-refractivity contribution in [2.24, 2.45) is 0 Å². The molecule has 0 aromatic carbocycles. The molecule has 1 unspecified atom stereocenters. The van der Waals surface area contributed by atoms with Gasteiger partial charge in [-0.25, -0.2) is 0 Å². The van der Waals surface area contributed by atoms with Crippen LogP contribution in [0.2, 0.25) is 0 Å². The number of nitrogens with one attached hydrogen (secondary N) is 2. The van der Waals surface area contributed by atoms with E-state index >= 15 is 0 Å². The van der Waals surface area contributed by atoms with E-state index in [1.807, 2.05) is 6.92 Å². The highest BCUT2D eigenvalue weighted by atomic mass is 32.1. The number of nitriles is 1. The normalized spacial score (nSPS) is 24.4. The number of carbonyl (C=O) groups excluding carboxylic acids is 1. The van der Waals surface area contributed by atoms with Crippen LogP contribution in [0.4, 0.5) is 5.00 Å². The van der Waals surface area contributed by atoms with Gasteiger partial charge in [0.25, 0.3) is 0 Å². The predicted molar refractivity (Wildman–Crippen MR) is 79.9 cm³/mol. The van der Waals surface area contributed by atoms with Gasteiger partial charge in [-0.2, -0.15) is 5.26 Å². The molecule has 1 aromatic heterocycles. The number of anilines is 1. The number of carbonyl (C=O) groups is 1. The van der Waals surface area contributed by atoms with Gasteiger partial charge in [-0.1, -0.05) is 6.92 Å². The second-order valence-corrected chi connectivity index (χ2v) is 6.70. The maximum Gasteiger partial charge on any atom is 0.245 e. The van der Waals surface area contributed by atoms with E-state index in [9.17, 15) is 10.1 Å². The summed E-state index contributed by atoms with van der Waals surface area (Å²) >= 11 is 1.59. The Kier molecular flexibility index (Phi) is 3.53. The molecule has 106 valence electrons. The van der Waals surface area contributed by atoms with Crippen molar-refractivity contribution in [3.63, 3.8) is 0 Å². The Balaban J connectivity index is 1.85. The molecule has 20 heavy (non-hydrogen) atoms. The molecule has 5 heteroatoms. The van der Waals surface area contributed by atoms with Crippen molar-refractivity contribution >= 4 is 22.2 Å². The number of nitrogens with zero attached hydrogens (tertiary/aromatic N) is 1. The summed E-state index contributed by atoms with van der Waals surface area (Å²) in [6.07, 6.45) is 5.84. The molecule has 0 spiro atoms. The first-order valence-corrected chi connectivity index (χ1v) is 8.13. The van der Waals surface area contributed by atoms with E-state index in [2.05, 4.69) is 16.7 Å². The first kappa shape index (κ1) is 13.6. The Hall–Kier alpha value is -1.38. The Morgan fingerprint density at radius 1 is 1.50 bits per heavy atom. The lowest BCUT2D eigenvalue weighted by Crippen LogP contribution is -2.50. The van der Waals surface area contributed by atoms with E-state index in [4.69, 9.17) is 0 Å². The largest absolute Gasteiger partial charge is 0.315 e. The number of amides is 1. The molecule has 1 aliphatic heterocycles. The van der Waals surface area contributed by atoms with Crippen LogP contribution in [-0.4, -0.2) is 18.0 Å². The Labute approximate surface area is 123 Å². The molecular weight excluding hydrogens is 270 g/mol. The van der Waals surface area contributed by atoms with Crippen LogP contribution in [0.3, 0.4) is 0 Å². The summed E-state index contributed by atoms with van der Waals surface area (Å²) in [6.45, 7) is 2.94. The first-order valence-electron chi connectivity index (χ1n) is 7.31. The monoisotopic (exact) mass is 289 g/mol. The summed E-state index contributed by atoms with van der Waals surface area (Å²) in [6, 6.07) is 2.28. The molecule has 1 aromatic rings. The lowest BCUT2D eigenvalue weighted by molar-refractivity contribution is -0.122. The molecular formula is C15H19N3OS. The summed E-state index contributed by atoms with van der Waals surface area (Å²) in [7, 11) is 0. The van der Waals surface area contributed by atoms with Gasteiger partial charge >= 0.3 is 0 Å². The van der Waals surface area contributed by atoms with Crippen LogP contribution in [0.25, 0.3) is 0 Å². The van der Waals surface area contributed by atoms with E-state index < -0.39 is 5.54 Å². The molecule has 1 saturated heterocycles. The standard InChI is InChI=1S/C15H19N3OS/c1-2-15(7-4-8-17-15)14(19)18-13-11(9-16)10-5-3-6-12(10)20-13/h17H,2-8H2,1H3,(H,18,19). The second kappa shape index (κ2) is 5.19. The van der Waals surface area contributed by atoms with Gasteiger partial charge in [-0.15, -0.1) is 11.3 Å². The molecule has 1 atom stereocenters. The molecule has 1 amide bonds. The highest BCUT2D eigenvalue weighted by molar-refractivity contribution is 7.16. The van der Waals surface area contributed by atoms with Gasteiger partial charge in [0.2, 0.25) is 5.91 Å². The Bertz CT molecular complexity index is 579. The minimum absolute atomic E-state index is 0.0222. The van der Waals surface area contributed by atoms with Crippen LogP contribution in [0, 0.1) is 11.3 Å². The molecule has 3 rings (SSSR count). The van der Waals surface area contributed by atoms with Crippen LogP contribution in [0.15, 0.2) is 0 Å². The quantitative estimate of drug-likeness (QED) is 0.899. The average molecular weight is 289 g/mol. The number of hydrogen-bond donors (Lipinski definition) is 2. The van der Waals surface area contributed by atoms with Crippen molar-refractivity contribution < 1.29 is 4.79 Å². The van der Waals surface area contributed by atoms with Crippen molar-refractivity contribution in [3.05, 3.63) is 16.0 Å². The Morgan fingerprint density at radius 3 is 3.00 bits per heavy atom. The molecule has 1 aliphatic carbocycles. The summed E-state index contributed by atoms with van der Waals surface area (Å²) in [5.41, 5.74) is 1.42. The smallest absolute Gasteiger partial charge is 0.245 e. The zero-order chi connectivity index (χ0) is 14.2. The molecule has 1 fully saturated rings. The van der Waals surface area contributed by atoms with E-state index in [-0.39, 0.29) is 5.91 Å². The third-order valence-corrected chi connectivity index (χ3v) is 5.75.